The zero-order valence-electron chi connectivity index (χ0n) is 17.3. The minimum Gasteiger partial charge on any atom is -0.382 e. The number of guanidine groups is 1. The first-order valence-electron chi connectivity index (χ1n) is 9.62. The van der Waals surface area contributed by atoms with Gasteiger partial charge in [-0.1, -0.05) is 0 Å². The van der Waals surface area contributed by atoms with Gasteiger partial charge < -0.3 is 29.9 Å². The molecule has 1 aromatic rings. The molecule has 9 heteroatoms. The van der Waals surface area contributed by atoms with Gasteiger partial charge in [0, 0.05) is 66.2 Å². The monoisotopic (exact) mass is 506 g/mol. The van der Waals surface area contributed by atoms with Crippen LogP contribution in [0.2, 0.25) is 0 Å². The van der Waals surface area contributed by atoms with Crippen molar-refractivity contribution >= 4 is 35.8 Å². The number of nitrogens with one attached hydrogen (secondary N) is 2. The molecule has 0 aromatic carbocycles. The molecule has 0 spiro atoms. The number of piperazine rings is 1. The van der Waals surface area contributed by atoms with E-state index in [0.717, 1.165) is 50.9 Å². The summed E-state index contributed by atoms with van der Waals surface area (Å²) in [6, 6.07) is 4.21. The normalized spacial score (nSPS) is 15.2. The van der Waals surface area contributed by atoms with Gasteiger partial charge in [-0.3, -0.25) is 4.99 Å². The van der Waals surface area contributed by atoms with Crippen LogP contribution in [-0.2, 0) is 16.0 Å². The molecule has 2 rings (SSSR count). The van der Waals surface area contributed by atoms with E-state index in [1.165, 1.54) is 5.56 Å². The summed E-state index contributed by atoms with van der Waals surface area (Å²) in [6.45, 7) is 7.73. The van der Waals surface area contributed by atoms with Crippen molar-refractivity contribution in [2.24, 2.45) is 4.99 Å². The molecule has 8 nitrogen and oxygen atoms in total. The molecule has 0 bridgehead atoms. The number of aliphatic imine (C=N–C) groups is 1. The Kier molecular flexibility index (Phi) is 13.1. The Balaban J connectivity index is 0.00000392. The molecule has 1 saturated heterocycles. The molecule has 0 atom stereocenters. The Bertz CT molecular complexity index is 567. The van der Waals surface area contributed by atoms with Crippen molar-refractivity contribution in [1.82, 2.24) is 20.5 Å². The third-order valence-electron chi connectivity index (χ3n) is 4.51. The van der Waals surface area contributed by atoms with Crippen LogP contribution in [-0.4, -0.2) is 89.6 Å². The zero-order valence-corrected chi connectivity index (χ0v) is 19.6. The lowest BCUT2D eigenvalue weighted by Gasteiger charge is -2.33. The maximum absolute atomic E-state index is 5.46. The van der Waals surface area contributed by atoms with E-state index in [9.17, 15) is 0 Å². The van der Waals surface area contributed by atoms with Crippen molar-refractivity contribution in [2.75, 3.05) is 78.6 Å². The number of halogens is 1. The van der Waals surface area contributed by atoms with Gasteiger partial charge in [0.25, 0.3) is 0 Å². The van der Waals surface area contributed by atoms with Gasteiger partial charge in [0.05, 0.1) is 13.2 Å². The number of rotatable bonds is 10. The second kappa shape index (κ2) is 14.8. The number of likely N-dealkylation sites (N-methyl/N-ethyl adjacent to an activating group) is 1. The van der Waals surface area contributed by atoms with Crippen molar-refractivity contribution in [2.45, 2.75) is 13.0 Å². The van der Waals surface area contributed by atoms with Gasteiger partial charge in [-0.15, -0.1) is 24.0 Å². The van der Waals surface area contributed by atoms with Gasteiger partial charge in [-0.25, -0.2) is 4.98 Å². The molecule has 0 aliphatic carbocycles. The standard InChI is InChI=1S/C19H34N6O2.HI/c1-20-19(22-6-4-12-27-14-13-26-3)23-16-17-5-7-21-18(15-17)25-10-8-24(2)9-11-25;/h5,7,15H,4,6,8-14,16H2,1-3H3,(H2,20,22,23);1H. The fourth-order valence-corrected chi connectivity index (χ4v) is 2.81. The average Bonchev–Trinajstić information content (AvgIpc) is 2.70. The second-order valence-electron chi connectivity index (χ2n) is 6.62. The first-order chi connectivity index (χ1) is 13.2. The van der Waals surface area contributed by atoms with E-state index < -0.39 is 0 Å². The van der Waals surface area contributed by atoms with Gasteiger partial charge in [0.2, 0.25) is 0 Å². The fraction of sp³-hybridized carbons (Fsp3) is 0.684. The summed E-state index contributed by atoms with van der Waals surface area (Å²) in [5.74, 6) is 1.85. The quantitative estimate of drug-likeness (QED) is 0.214. The predicted molar refractivity (Wildman–Crippen MR) is 125 cm³/mol. The highest BCUT2D eigenvalue weighted by Gasteiger charge is 2.15. The number of ether oxygens (including phenoxy) is 2. The van der Waals surface area contributed by atoms with E-state index in [1.807, 2.05) is 12.3 Å². The van der Waals surface area contributed by atoms with E-state index in [0.29, 0.717) is 26.4 Å². The third-order valence-corrected chi connectivity index (χ3v) is 4.51. The van der Waals surface area contributed by atoms with Crippen LogP contribution in [0.15, 0.2) is 23.3 Å². The van der Waals surface area contributed by atoms with Crippen molar-refractivity contribution < 1.29 is 9.47 Å². The van der Waals surface area contributed by atoms with Crippen molar-refractivity contribution in [3.8, 4) is 0 Å². The molecule has 0 unspecified atom stereocenters. The Morgan fingerprint density at radius 3 is 2.68 bits per heavy atom. The van der Waals surface area contributed by atoms with E-state index in [4.69, 9.17) is 9.47 Å². The summed E-state index contributed by atoms with van der Waals surface area (Å²) in [5.41, 5.74) is 1.20. The highest BCUT2D eigenvalue weighted by molar-refractivity contribution is 14.0. The van der Waals surface area contributed by atoms with Crippen LogP contribution >= 0.6 is 24.0 Å². The van der Waals surface area contributed by atoms with Crippen LogP contribution in [0, 0.1) is 0 Å². The molecule has 1 aromatic heterocycles. The Labute approximate surface area is 186 Å². The van der Waals surface area contributed by atoms with E-state index in [1.54, 1.807) is 14.2 Å². The second-order valence-corrected chi connectivity index (χ2v) is 6.62. The lowest BCUT2D eigenvalue weighted by atomic mass is 10.2. The Hall–Kier alpha value is -1.17. The van der Waals surface area contributed by atoms with Gasteiger partial charge in [-0.2, -0.15) is 0 Å². The molecule has 160 valence electrons. The smallest absolute Gasteiger partial charge is 0.191 e. The maximum atomic E-state index is 5.46. The lowest BCUT2D eigenvalue weighted by molar-refractivity contribution is 0.0698. The van der Waals surface area contributed by atoms with Crippen molar-refractivity contribution in [3.63, 3.8) is 0 Å². The lowest BCUT2D eigenvalue weighted by Crippen LogP contribution is -2.44. The molecule has 2 N–H and O–H groups in total. The minimum absolute atomic E-state index is 0. The van der Waals surface area contributed by atoms with E-state index in [-0.39, 0.29) is 24.0 Å². The topological polar surface area (TPSA) is 74.2 Å². The molecule has 1 aliphatic rings. The molecule has 0 amide bonds. The summed E-state index contributed by atoms with van der Waals surface area (Å²) in [5, 5.41) is 6.67. The molecular formula is C19H35IN6O2. The Morgan fingerprint density at radius 2 is 1.96 bits per heavy atom. The summed E-state index contributed by atoms with van der Waals surface area (Å²) < 4.78 is 10.4. The van der Waals surface area contributed by atoms with Gasteiger partial charge in [0.15, 0.2) is 5.96 Å². The fourth-order valence-electron chi connectivity index (χ4n) is 2.81. The number of pyridine rings is 1. The average molecular weight is 506 g/mol. The summed E-state index contributed by atoms with van der Waals surface area (Å²) in [6.07, 6.45) is 2.81. The van der Waals surface area contributed by atoms with Crippen LogP contribution in [0.4, 0.5) is 5.82 Å². The van der Waals surface area contributed by atoms with Crippen molar-refractivity contribution in [3.05, 3.63) is 23.9 Å². The number of hydrogen-bond acceptors (Lipinski definition) is 6. The van der Waals surface area contributed by atoms with Crippen LogP contribution in [0.3, 0.4) is 0 Å². The zero-order chi connectivity index (χ0) is 19.3. The van der Waals surface area contributed by atoms with Crippen LogP contribution in [0.5, 0.6) is 0 Å². The largest absolute Gasteiger partial charge is 0.382 e. The van der Waals surface area contributed by atoms with E-state index in [2.05, 4.69) is 43.5 Å². The molecule has 1 aliphatic heterocycles. The molecule has 0 radical (unpaired) electrons. The highest BCUT2D eigenvalue weighted by Crippen LogP contribution is 2.14. The van der Waals surface area contributed by atoms with Crippen LogP contribution in [0.1, 0.15) is 12.0 Å². The third kappa shape index (κ3) is 9.35. The molecule has 0 saturated carbocycles. The SMILES string of the molecule is CN=C(NCCCOCCOC)NCc1ccnc(N2CCN(C)CC2)c1.I. The van der Waals surface area contributed by atoms with E-state index >= 15 is 0 Å². The first-order valence-corrected chi connectivity index (χ1v) is 9.62. The molecule has 28 heavy (non-hydrogen) atoms. The summed E-state index contributed by atoms with van der Waals surface area (Å²) >= 11 is 0. The van der Waals surface area contributed by atoms with Crippen LogP contribution in [0.25, 0.3) is 0 Å². The number of hydrogen-bond donors (Lipinski definition) is 2. The number of aromatic nitrogens is 1. The molecule has 1 fully saturated rings. The van der Waals surface area contributed by atoms with Crippen LogP contribution < -0.4 is 15.5 Å². The highest BCUT2D eigenvalue weighted by atomic mass is 127. The van der Waals surface area contributed by atoms with Gasteiger partial charge in [-0.05, 0) is 31.2 Å². The summed E-state index contributed by atoms with van der Waals surface area (Å²) in [4.78, 5) is 13.5. The molecular weight excluding hydrogens is 471 g/mol. The Morgan fingerprint density at radius 1 is 1.18 bits per heavy atom. The summed E-state index contributed by atoms with van der Waals surface area (Å²) in [7, 11) is 5.62. The molecule has 2 heterocycles. The number of nitrogens with zero attached hydrogens (tertiary/aromatic N) is 4. The van der Waals surface area contributed by atoms with Gasteiger partial charge >= 0.3 is 0 Å². The first kappa shape index (κ1) is 24.9. The number of methoxy groups -OCH3 is 1. The maximum Gasteiger partial charge on any atom is 0.191 e. The minimum atomic E-state index is 0. The number of anilines is 1. The van der Waals surface area contributed by atoms with Gasteiger partial charge in [0.1, 0.15) is 5.82 Å². The predicted octanol–water partition coefficient (Wildman–Crippen LogP) is 1.17. The van der Waals surface area contributed by atoms with Crippen molar-refractivity contribution in [1.29, 1.82) is 0 Å².